The van der Waals surface area contributed by atoms with Gasteiger partial charge >= 0.3 is 5.97 Å². The topological polar surface area (TPSA) is 55.8 Å². The van der Waals surface area contributed by atoms with Crippen molar-refractivity contribution in [2.24, 2.45) is 0 Å². The van der Waals surface area contributed by atoms with Crippen LogP contribution < -0.4 is 5.32 Å². The Morgan fingerprint density at radius 3 is 2.81 bits per heavy atom. The van der Waals surface area contributed by atoms with Crippen LogP contribution in [0, 0.1) is 0 Å². The minimum Gasteiger partial charge on any atom is -0.480 e. The van der Waals surface area contributed by atoms with Crippen molar-refractivity contribution < 1.29 is 9.90 Å². The van der Waals surface area contributed by atoms with E-state index in [1.807, 2.05) is 0 Å². The molecule has 1 aliphatic heterocycles. The van der Waals surface area contributed by atoms with Gasteiger partial charge in [-0.3, -0.25) is 9.69 Å². The van der Waals surface area contributed by atoms with Crippen LogP contribution in [-0.2, 0) is 4.79 Å². The molecule has 5 nitrogen and oxygen atoms in total. The van der Waals surface area contributed by atoms with Crippen molar-refractivity contribution in [3.8, 4) is 0 Å². The molecule has 2 fully saturated rings. The van der Waals surface area contributed by atoms with Crippen molar-refractivity contribution >= 4 is 5.97 Å². The molecule has 2 rings (SSSR count). The van der Waals surface area contributed by atoms with Crippen LogP contribution in [0.3, 0.4) is 0 Å². The fourth-order valence-electron chi connectivity index (χ4n) is 3.78. The van der Waals surface area contributed by atoms with E-state index in [9.17, 15) is 9.90 Å². The molecular formula is C16H31N3O2. The van der Waals surface area contributed by atoms with Crippen molar-refractivity contribution in [3.05, 3.63) is 0 Å². The molecule has 1 saturated carbocycles. The van der Waals surface area contributed by atoms with Gasteiger partial charge in [0.25, 0.3) is 0 Å². The maximum absolute atomic E-state index is 11.8. The molecule has 0 aromatic heterocycles. The van der Waals surface area contributed by atoms with Crippen LogP contribution in [0.1, 0.15) is 45.4 Å². The Hall–Kier alpha value is -0.650. The molecule has 2 N–H and O–H groups in total. The van der Waals surface area contributed by atoms with E-state index in [2.05, 4.69) is 29.1 Å². The molecule has 122 valence electrons. The van der Waals surface area contributed by atoms with Crippen LogP contribution in [0.15, 0.2) is 0 Å². The number of carbonyl (C=O) groups is 1. The van der Waals surface area contributed by atoms with E-state index in [0.29, 0.717) is 6.04 Å². The molecule has 1 heterocycles. The normalized spacial score (nSPS) is 32.8. The zero-order valence-corrected chi connectivity index (χ0v) is 13.6. The molecule has 0 spiro atoms. The average molecular weight is 297 g/mol. The van der Waals surface area contributed by atoms with Gasteiger partial charge in [0, 0.05) is 19.1 Å². The van der Waals surface area contributed by atoms with Crippen molar-refractivity contribution in [3.63, 3.8) is 0 Å². The van der Waals surface area contributed by atoms with Gasteiger partial charge in [0.05, 0.1) is 0 Å². The summed E-state index contributed by atoms with van der Waals surface area (Å²) in [6.45, 7) is 7.32. The van der Waals surface area contributed by atoms with Gasteiger partial charge in [-0.25, -0.2) is 0 Å². The highest BCUT2D eigenvalue weighted by Crippen LogP contribution is 2.32. The van der Waals surface area contributed by atoms with Gasteiger partial charge in [0.2, 0.25) is 0 Å². The smallest absolute Gasteiger partial charge is 0.323 e. The summed E-state index contributed by atoms with van der Waals surface area (Å²) in [7, 11) is 2.18. The molecule has 1 saturated heterocycles. The van der Waals surface area contributed by atoms with Crippen LogP contribution in [-0.4, -0.2) is 72.2 Å². The number of hydrogen-bond acceptors (Lipinski definition) is 4. The molecule has 0 aromatic carbocycles. The first-order valence-corrected chi connectivity index (χ1v) is 8.48. The van der Waals surface area contributed by atoms with Gasteiger partial charge in [0.1, 0.15) is 5.54 Å². The summed E-state index contributed by atoms with van der Waals surface area (Å²) < 4.78 is 0. The number of carboxylic acids is 1. The minimum atomic E-state index is -0.697. The fraction of sp³-hybridized carbons (Fsp3) is 0.938. The number of likely N-dealkylation sites (N-methyl/N-ethyl adjacent to an activating group) is 1. The first-order chi connectivity index (χ1) is 10.1. The lowest BCUT2D eigenvalue weighted by atomic mass is 9.78. The Morgan fingerprint density at radius 2 is 2.10 bits per heavy atom. The molecular weight excluding hydrogens is 266 g/mol. The second kappa shape index (κ2) is 7.56. The van der Waals surface area contributed by atoms with Gasteiger partial charge in [-0.1, -0.05) is 6.92 Å². The lowest BCUT2D eigenvalue weighted by Crippen LogP contribution is -2.58. The quantitative estimate of drug-likeness (QED) is 0.803. The Kier molecular flexibility index (Phi) is 6.02. The van der Waals surface area contributed by atoms with Crippen LogP contribution in [0.2, 0.25) is 0 Å². The van der Waals surface area contributed by atoms with Crippen molar-refractivity contribution in [1.82, 2.24) is 15.1 Å². The first kappa shape index (κ1) is 16.7. The lowest BCUT2D eigenvalue weighted by molar-refractivity contribution is -0.147. The second-order valence-corrected chi connectivity index (χ2v) is 6.76. The Morgan fingerprint density at radius 1 is 1.29 bits per heavy atom. The molecule has 0 amide bonds. The van der Waals surface area contributed by atoms with Crippen LogP contribution in [0.5, 0.6) is 0 Å². The van der Waals surface area contributed by atoms with Crippen LogP contribution in [0.4, 0.5) is 0 Å². The van der Waals surface area contributed by atoms with E-state index in [1.54, 1.807) is 0 Å². The third-order valence-corrected chi connectivity index (χ3v) is 5.12. The molecule has 2 atom stereocenters. The number of nitrogens with one attached hydrogen (secondary N) is 1. The largest absolute Gasteiger partial charge is 0.480 e. The molecule has 2 aliphatic rings. The Balaban J connectivity index is 2.02. The predicted molar refractivity (Wildman–Crippen MR) is 84.6 cm³/mol. The minimum absolute atomic E-state index is 0.422. The Bertz CT molecular complexity index is 350. The third-order valence-electron chi connectivity index (χ3n) is 5.12. The molecule has 0 aromatic rings. The van der Waals surface area contributed by atoms with Crippen LogP contribution >= 0.6 is 0 Å². The van der Waals surface area contributed by atoms with E-state index >= 15 is 0 Å². The SMILES string of the molecule is CCCNC1(C(=O)O)CCCC(N2CCCN(C)CC2)C1. The molecule has 21 heavy (non-hydrogen) atoms. The first-order valence-electron chi connectivity index (χ1n) is 8.48. The Labute approximate surface area is 128 Å². The monoisotopic (exact) mass is 297 g/mol. The highest BCUT2D eigenvalue weighted by molar-refractivity contribution is 5.79. The van der Waals surface area contributed by atoms with Gasteiger partial charge < -0.3 is 15.3 Å². The predicted octanol–water partition coefficient (Wildman–Crippen LogP) is 1.39. The van der Waals surface area contributed by atoms with E-state index in [0.717, 1.165) is 64.8 Å². The van der Waals surface area contributed by atoms with Crippen molar-refractivity contribution in [2.45, 2.75) is 57.0 Å². The van der Waals surface area contributed by atoms with Gasteiger partial charge in [-0.2, -0.15) is 0 Å². The molecule has 0 bridgehead atoms. The number of rotatable bonds is 5. The van der Waals surface area contributed by atoms with E-state index in [-0.39, 0.29) is 0 Å². The molecule has 0 radical (unpaired) electrons. The summed E-state index contributed by atoms with van der Waals surface area (Å²) in [6, 6.07) is 0.422. The van der Waals surface area contributed by atoms with E-state index < -0.39 is 11.5 Å². The fourth-order valence-corrected chi connectivity index (χ4v) is 3.78. The molecule has 2 unspecified atom stereocenters. The lowest BCUT2D eigenvalue weighted by Gasteiger charge is -2.42. The average Bonchev–Trinajstić information content (AvgIpc) is 2.70. The summed E-state index contributed by atoms with van der Waals surface area (Å²) in [5.41, 5.74) is -0.697. The van der Waals surface area contributed by atoms with E-state index in [1.165, 1.54) is 6.42 Å². The number of hydrogen-bond donors (Lipinski definition) is 2. The highest BCUT2D eigenvalue weighted by Gasteiger charge is 2.43. The van der Waals surface area contributed by atoms with Gasteiger partial charge in [-0.05, 0) is 65.2 Å². The standard InChI is InChI=1S/C16H31N3O2/c1-3-8-17-16(15(20)21)7-4-6-14(13-16)19-10-5-9-18(2)11-12-19/h14,17H,3-13H2,1-2H3,(H,20,21). The van der Waals surface area contributed by atoms with Crippen molar-refractivity contribution in [2.75, 3.05) is 39.8 Å². The van der Waals surface area contributed by atoms with E-state index in [4.69, 9.17) is 0 Å². The summed E-state index contributed by atoms with van der Waals surface area (Å²) in [4.78, 5) is 16.8. The maximum atomic E-state index is 11.8. The zero-order valence-electron chi connectivity index (χ0n) is 13.6. The number of carboxylic acid groups (broad SMARTS) is 1. The third kappa shape index (κ3) is 4.18. The van der Waals surface area contributed by atoms with Gasteiger partial charge in [0.15, 0.2) is 0 Å². The van der Waals surface area contributed by atoms with Crippen LogP contribution in [0.25, 0.3) is 0 Å². The van der Waals surface area contributed by atoms with Crippen molar-refractivity contribution in [1.29, 1.82) is 0 Å². The highest BCUT2D eigenvalue weighted by atomic mass is 16.4. The zero-order chi connectivity index (χ0) is 15.3. The number of nitrogens with zero attached hydrogens (tertiary/aromatic N) is 2. The summed E-state index contributed by atoms with van der Waals surface area (Å²) >= 11 is 0. The summed E-state index contributed by atoms with van der Waals surface area (Å²) in [5, 5.41) is 13.1. The second-order valence-electron chi connectivity index (χ2n) is 6.76. The van der Waals surface area contributed by atoms with Gasteiger partial charge in [-0.15, -0.1) is 0 Å². The summed E-state index contributed by atoms with van der Waals surface area (Å²) in [6.07, 6.45) is 5.86. The summed E-state index contributed by atoms with van der Waals surface area (Å²) in [5.74, 6) is -0.660. The maximum Gasteiger partial charge on any atom is 0.323 e. The number of aliphatic carboxylic acids is 1. The molecule has 1 aliphatic carbocycles. The molecule has 5 heteroatoms.